The number of hydrogen-bond donors (Lipinski definition) is 3. The highest BCUT2D eigenvalue weighted by Gasteiger charge is 2.11. The highest BCUT2D eigenvalue weighted by Crippen LogP contribution is 2.13. The van der Waals surface area contributed by atoms with Crippen LogP contribution in [0.4, 0.5) is 5.69 Å². The van der Waals surface area contributed by atoms with Crippen LogP contribution in [0, 0.1) is 0 Å². The fourth-order valence-electron chi connectivity index (χ4n) is 0.803. The van der Waals surface area contributed by atoms with E-state index in [1.807, 2.05) is 0 Å². The first-order valence-corrected chi connectivity index (χ1v) is 4.03. The number of anilines is 1. The van der Waals surface area contributed by atoms with Crippen molar-refractivity contribution in [3.63, 3.8) is 0 Å². The maximum atomic E-state index is 5.54. The highest BCUT2D eigenvalue weighted by atomic mass is 16.5. The first-order chi connectivity index (χ1) is 5.97. The second-order valence-electron chi connectivity index (χ2n) is 3.36. The van der Waals surface area contributed by atoms with Gasteiger partial charge in [-0.2, -0.15) is 0 Å². The Labute approximate surface area is 77.7 Å². The third-order valence-electron chi connectivity index (χ3n) is 1.43. The molecule has 0 aliphatic rings. The minimum absolute atomic E-state index is 0.275. The van der Waals surface area contributed by atoms with Gasteiger partial charge in [0, 0.05) is 5.69 Å². The molecule has 0 radical (unpaired) electrons. The van der Waals surface area contributed by atoms with Gasteiger partial charge < -0.3 is 21.9 Å². The van der Waals surface area contributed by atoms with Gasteiger partial charge in [0.15, 0.2) is 0 Å². The van der Waals surface area contributed by atoms with Crippen molar-refractivity contribution < 1.29 is 4.74 Å². The van der Waals surface area contributed by atoms with Crippen LogP contribution in [0.15, 0.2) is 24.3 Å². The standard InChI is InChI=1S/C9H15N3O/c1-9(11,12)6-13-8-4-2-7(10)3-5-8/h2-5H,6,10-12H2,1H3. The second-order valence-corrected chi connectivity index (χ2v) is 3.36. The summed E-state index contributed by atoms with van der Waals surface area (Å²) in [6, 6.07) is 7.08. The van der Waals surface area contributed by atoms with E-state index >= 15 is 0 Å². The van der Waals surface area contributed by atoms with Crippen LogP contribution in [0.5, 0.6) is 5.75 Å². The summed E-state index contributed by atoms with van der Waals surface area (Å²) in [5.74, 6) is 0.719. The molecule has 0 amide bonds. The van der Waals surface area contributed by atoms with Crippen LogP contribution in [0.3, 0.4) is 0 Å². The van der Waals surface area contributed by atoms with E-state index < -0.39 is 5.66 Å². The summed E-state index contributed by atoms with van der Waals surface area (Å²) < 4.78 is 5.32. The van der Waals surface area contributed by atoms with Crippen LogP contribution in [-0.4, -0.2) is 12.3 Å². The van der Waals surface area contributed by atoms with Gasteiger partial charge in [0.25, 0.3) is 0 Å². The molecule has 4 nitrogen and oxygen atoms in total. The van der Waals surface area contributed by atoms with Gasteiger partial charge in [-0.05, 0) is 31.2 Å². The molecule has 0 aliphatic heterocycles. The number of ether oxygens (including phenoxy) is 1. The van der Waals surface area contributed by atoms with E-state index in [4.69, 9.17) is 21.9 Å². The molecule has 0 saturated heterocycles. The van der Waals surface area contributed by atoms with Crippen molar-refractivity contribution in [1.82, 2.24) is 0 Å². The Morgan fingerprint density at radius 2 is 1.77 bits per heavy atom. The highest BCUT2D eigenvalue weighted by molar-refractivity contribution is 5.41. The third kappa shape index (κ3) is 3.78. The number of rotatable bonds is 3. The number of benzene rings is 1. The minimum atomic E-state index is -0.804. The molecule has 13 heavy (non-hydrogen) atoms. The van der Waals surface area contributed by atoms with E-state index in [0.29, 0.717) is 5.69 Å². The smallest absolute Gasteiger partial charge is 0.119 e. The lowest BCUT2D eigenvalue weighted by atomic mass is 10.2. The van der Waals surface area contributed by atoms with Gasteiger partial charge in [0.1, 0.15) is 12.4 Å². The molecule has 0 saturated carbocycles. The number of nitrogens with two attached hydrogens (primary N) is 3. The van der Waals surface area contributed by atoms with E-state index in [0.717, 1.165) is 5.75 Å². The van der Waals surface area contributed by atoms with Gasteiger partial charge in [-0.3, -0.25) is 0 Å². The Morgan fingerprint density at radius 1 is 1.23 bits per heavy atom. The molecular formula is C9H15N3O. The van der Waals surface area contributed by atoms with Gasteiger partial charge in [-0.1, -0.05) is 0 Å². The Bertz CT molecular complexity index is 263. The van der Waals surface area contributed by atoms with Crippen LogP contribution in [0.2, 0.25) is 0 Å². The van der Waals surface area contributed by atoms with E-state index in [9.17, 15) is 0 Å². The number of hydrogen-bond acceptors (Lipinski definition) is 4. The van der Waals surface area contributed by atoms with Gasteiger partial charge in [0.2, 0.25) is 0 Å². The molecule has 1 rings (SSSR count). The summed E-state index contributed by atoms with van der Waals surface area (Å²) in [7, 11) is 0. The predicted molar refractivity (Wildman–Crippen MR) is 53.1 cm³/mol. The van der Waals surface area contributed by atoms with Crippen LogP contribution >= 0.6 is 0 Å². The molecule has 1 aromatic rings. The maximum absolute atomic E-state index is 5.54. The molecule has 1 aromatic carbocycles. The molecule has 0 aromatic heterocycles. The Morgan fingerprint density at radius 3 is 2.23 bits per heavy atom. The molecule has 0 heterocycles. The Kier molecular flexibility index (Phi) is 2.75. The molecule has 0 unspecified atom stereocenters. The van der Waals surface area contributed by atoms with Gasteiger partial charge in [-0.15, -0.1) is 0 Å². The van der Waals surface area contributed by atoms with Crippen LogP contribution in [0.1, 0.15) is 6.92 Å². The van der Waals surface area contributed by atoms with E-state index in [-0.39, 0.29) is 6.61 Å². The van der Waals surface area contributed by atoms with Crippen LogP contribution in [-0.2, 0) is 0 Å². The summed E-state index contributed by atoms with van der Waals surface area (Å²) in [4.78, 5) is 0. The fourth-order valence-corrected chi connectivity index (χ4v) is 0.803. The van der Waals surface area contributed by atoms with E-state index in [1.165, 1.54) is 0 Å². The summed E-state index contributed by atoms with van der Waals surface area (Å²) in [5.41, 5.74) is 16.5. The molecule has 4 heteroatoms. The molecule has 6 N–H and O–H groups in total. The Hall–Kier alpha value is -1.26. The molecular weight excluding hydrogens is 166 g/mol. The van der Waals surface area contributed by atoms with Crippen LogP contribution < -0.4 is 21.9 Å². The predicted octanol–water partition coefficient (Wildman–Crippen LogP) is 0.281. The van der Waals surface area contributed by atoms with E-state index in [2.05, 4.69) is 0 Å². The largest absolute Gasteiger partial charge is 0.490 e. The average molecular weight is 181 g/mol. The fraction of sp³-hybridized carbons (Fsp3) is 0.333. The maximum Gasteiger partial charge on any atom is 0.119 e. The van der Waals surface area contributed by atoms with Crippen molar-refractivity contribution in [1.29, 1.82) is 0 Å². The second kappa shape index (κ2) is 3.64. The molecule has 0 bridgehead atoms. The quantitative estimate of drug-likeness (QED) is 0.461. The van der Waals surface area contributed by atoms with Gasteiger partial charge >= 0.3 is 0 Å². The van der Waals surface area contributed by atoms with Gasteiger partial charge in [-0.25, -0.2) is 0 Å². The lowest BCUT2D eigenvalue weighted by Crippen LogP contribution is -2.51. The topological polar surface area (TPSA) is 87.3 Å². The van der Waals surface area contributed by atoms with Gasteiger partial charge in [0.05, 0.1) is 5.66 Å². The number of nitrogen functional groups attached to an aromatic ring is 1. The molecule has 0 fully saturated rings. The first kappa shape index (κ1) is 9.83. The first-order valence-electron chi connectivity index (χ1n) is 4.03. The SMILES string of the molecule is CC(N)(N)COc1ccc(N)cc1. The summed E-state index contributed by atoms with van der Waals surface area (Å²) in [5, 5.41) is 0. The van der Waals surface area contributed by atoms with Crippen molar-refractivity contribution in [2.24, 2.45) is 11.5 Å². The molecule has 72 valence electrons. The van der Waals surface area contributed by atoms with Crippen LogP contribution in [0.25, 0.3) is 0 Å². The van der Waals surface area contributed by atoms with E-state index in [1.54, 1.807) is 31.2 Å². The Balaban J connectivity index is 2.51. The van der Waals surface area contributed by atoms with Crippen molar-refractivity contribution in [3.8, 4) is 5.75 Å². The lowest BCUT2D eigenvalue weighted by Gasteiger charge is -2.18. The van der Waals surface area contributed by atoms with Crippen molar-refractivity contribution in [2.45, 2.75) is 12.6 Å². The zero-order valence-corrected chi connectivity index (χ0v) is 7.66. The van der Waals surface area contributed by atoms with Crippen molar-refractivity contribution in [2.75, 3.05) is 12.3 Å². The molecule has 0 atom stereocenters. The minimum Gasteiger partial charge on any atom is -0.490 e. The summed E-state index contributed by atoms with van der Waals surface area (Å²) >= 11 is 0. The zero-order chi connectivity index (χ0) is 9.90. The monoisotopic (exact) mass is 181 g/mol. The lowest BCUT2D eigenvalue weighted by molar-refractivity contribution is 0.235. The normalized spacial score (nSPS) is 11.3. The zero-order valence-electron chi connectivity index (χ0n) is 7.66. The van der Waals surface area contributed by atoms with Crippen molar-refractivity contribution in [3.05, 3.63) is 24.3 Å². The molecule has 0 aliphatic carbocycles. The van der Waals surface area contributed by atoms with Crippen molar-refractivity contribution >= 4 is 5.69 Å². The summed E-state index contributed by atoms with van der Waals surface area (Å²) in [6.07, 6.45) is 0. The third-order valence-corrected chi connectivity index (χ3v) is 1.43. The average Bonchev–Trinajstić information content (AvgIpc) is 2.02. The molecule has 0 spiro atoms. The summed E-state index contributed by atoms with van der Waals surface area (Å²) in [6.45, 7) is 1.97.